The molecule has 3 rings (SSSR count). The molecule has 1 atom stereocenters. The van der Waals surface area contributed by atoms with Crippen LogP contribution in [-0.2, 0) is 24.1 Å². The molecule has 1 saturated carbocycles. The van der Waals surface area contributed by atoms with Gasteiger partial charge < -0.3 is 5.32 Å². The minimum Gasteiger partial charge on any atom is -0.348 e. The number of rotatable bonds is 7. The lowest BCUT2D eigenvalue weighted by molar-refractivity contribution is -0.142. The number of hydrogen-bond donors (Lipinski definition) is 1. The van der Waals surface area contributed by atoms with Gasteiger partial charge in [0.2, 0.25) is 5.91 Å². The second kappa shape index (κ2) is 7.65. The van der Waals surface area contributed by atoms with Gasteiger partial charge in [-0.25, -0.2) is 0 Å². The van der Waals surface area contributed by atoms with E-state index >= 15 is 0 Å². The third-order valence-electron chi connectivity index (χ3n) is 4.58. The van der Waals surface area contributed by atoms with E-state index in [0.717, 1.165) is 18.5 Å². The molecular weight excluding hydrogens is 427 g/mol. The fraction of sp³-hybridized carbons (Fsp3) is 0.588. The Morgan fingerprint density at radius 1 is 1.41 bits per heavy atom. The highest BCUT2D eigenvalue weighted by Crippen LogP contribution is 2.47. The molecule has 27 heavy (non-hydrogen) atoms. The highest BCUT2D eigenvalue weighted by atomic mass is 79.9. The first-order valence-corrected chi connectivity index (χ1v) is 9.66. The van der Waals surface area contributed by atoms with Crippen LogP contribution in [0, 0.1) is 0 Å². The number of aryl methyl sites for hydroxylation is 2. The lowest BCUT2D eigenvalue weighted by atomic mass is 10.2. The first-order chi connectivity index (χ1) is 12.7. The lowest BCUT2D eigenvalue weighted by Crippen LogP contribution is -2.29. The van der Waals surface area contributed by atoms with E-state index in [1.54, 1.807) is 10.9 Å². The summed E-state index contributed by atoms with van der Waals surface area (Å²) in [5.74, 6) is -0.169. The number of amides is 1. The first kappa shape index (κ1) is 19.9. The van der Waals surface area contributed by atoms with Crippen LogP contribution >= 0.6 is 15.9 Å². The van der Waals surface area contributed by atoms with Crippen molar-refractivity contribution in [3.8, 4) is 0 Å². The molecule has 0 radical (unpaired) electrons. The molecule has 0 aromatic carbocycles. The van der Waals surface area contributed by atoms with E-state index < -0.39 is 11.9 Å². The van der Waals surface area contributed by atoms with E-state index in [1.165, 1.54) is 4.68 Å². The molecule has 1 N–H and O–H groups in total. The van der Waals surface area contributed by atoms with E-state index in [0.29, 0.717) is 12.2 Å². The summed E-state index contributed by atoms with van der Waals surface area (Å²) in [6.45, 7) is 4.60. The quantitative estimate of drug-likeness (QED) is 0.696. The Balaban J connectivity index is 1.67. The topological polar surface area (TPSA) is 64.7 Å². The molecule has 2 aromatic heterocycles. The predicted molar refractivity (Wildman–Crippen MR) is 96.0 cm³/mol. The molecule has 148 valence electrons. The third kappa shape index (κ3) is 4.36. The predicted octanol–water partition coefficient (Wildman–Crippen LogP) is 4.03. The van der Waals surface area contributed by atoms with Crippen molar-refractivity contribution >= 4 is 21.8 Å². The Bertz CT molecular complexity index is 825. The highest BCUT2D eigenvalue weighted by Gasteiger charge is 2.41. The van der Waals surface area contributed by atoms with Crippen molar-refractivity contribution in [2.75, 3.05) is 0 Å². The van der Waals surface area contributed by atoms with Gasteiger partial charge in [-0.3, -0.25) is 14.2 Å². The van der Waals surface area contributed by atoms with Crippen molar-refractivity contribution in [3.63, 3.8) is 0 Å². The molecule has 6 nitrogen and oxygen atoms in total. The number of carbonyl (C=O) groups is 1. The van der Waals surface area contributed by atoms with Gasteiger partial charge in [-0.05, 0) is 48.7 Å². The van der Waals surface area contributed by atoms with Crippen LogP contribution in [0.1, 0.15) is 62.2 Å². The fourth-order valence-electron chi connectivity index (χ4n) is 3.12. The van der Waals surface area contributed by atoms with Gasteiger partial charge in [-0.15, -0.1) is 0 Å². The smallest absolute Gasteiger partial charge is 0.348 e. The van der Waals surface area contributed by atoms with Crippen LogP contribution < -0.4 is 5.32 Å². The van der Waals surface area contributed by atoms with Gasteiger partial charge in [-0.2, -0.15) is 23.4 Å². The van der Waals surface area contributed by atoms with Crippen LogP contribution in [0.25, 0.3) is 0 Å². The first-order valence-electron chi connectivity index (χ1n) is 8.86. The average molecular weight is 448 g/mol. The van der Waals surface area contributed by atoms with Crippen molar-refractivity contribution in [2.45, 2.75) is 64.3 Å². The summed E-state index contributed by atoms with van der Waals surface area (Å²) in [5, 5.41) is 10.8. The SMILES string of the molecule is CCn1nccc1C(C)NC(=O)CCn1nc(C(F)(F)F)c(Br)c1C1CC1. The van der Waals surface area contributed by atoms with Gasteiger partial charge in [0.25, 0.3) is 0 Å². The van der Waals surface area contributed by atoms with Crippen molar-refractivity contribution in [3.05, 3.63) is 33.8 Å². The molecule has 0 bridgehead atoms. The Morgan fingerprint density at radius 3 is 2.70 bits per heavy atom. The van der Waals surface area contributed by atoms with E-state index in [9.17, 15) is 18.0 Å². The molecule has 10 heteroatoms. The number of carbonyl (C=O) groups excluding carboxylic acids is 1. The van der Waals surface area contributed by atoms with Crippen molar-refractivity contribution in [1.29, 1.82) is 0 Å². The van der Waals surface area contributed by atoms with Crippen LogP contribution in [0.5, 0.6) is 0 Å². The van der Waals surface area contributed by atoms with Crippen molar-refractivity contribution in [1.82, 2.24) is 24.9 Å². The van der Waals surface area contributed by atoms with E-state index in [1.807, 2.05) is 19.9 Å². The summed E-state index contributed by atoms with van der Waals surface area (Å²) in [6.07, 6.45) is -1.13. The molecule has 1 unspecified atom stereocenters. The highest BCUT2D eigenvalue weighted by molar-refractivity contribution is 9.10. The van der Waals surface area contributed by atoms with Crippen molar-refractivity contribution < 1.29 is 18.0 Å². The van der Waals surface area contributed by atoms with Crippen LogP contribution in [-0.4, -0.2) is 25.5 Å². The number of nitrogens with one attached hydrogen (secondary N) is 1. The summed E-state index contributed by atoms with van der Waals surface area (Å²) in [4.78, 5) is 12.3. The maximum absolute atomic E-state index is 13.1. The molecule has 0 saturated heterocycles. The molecule has 2 heterocycles. The zero-order valence-corrected chi connectivity index (χ0v) is 16.6. The molecule has 2 aromatic rings. The summed E-state index contributed by atoms with van der Waals surface area (Å²) >= 11 is 3.05. The Kier molecular flexibility index (Phi) is 5.64. The minimum atomic E-state index is -4.52. The summed E-state index contributed by atoms with van der Waals surface area (Å²) in [6, 6.07) is 1.60. The maximum Gasteiger partial charge on any atom is 0.436 e. The average Bonchev–Trinajstić information content (AvgIpc) is 3.19. The Labute approximate surface area is 163 Å². The molecule has 1 amide bonds. The number of nitrogens with zero attached hydrogens (tertiary/aromatic N) is 4. The molecule has 1 aliphatic carbocycles. The van der Waals surface area contributed by atoms with Gasteiger partial charge in [0.1, 0.15) is 0 Å². The zero-order valence-electron chi connectivity index (χ0n) is 15.1. The number of alkyl halides is 3. The normalized spacial score (nSPS) is 15.8. The Hall–Kier alpha value is -1.84. The summed E-state index contributed by atoms with van der Waals surface area (Å²) in [7, 11) is 0. The molecule has 1 fully saturated rings. The monoisotopic (exact) mass is 447 g/mol. The largest absolute Gasteiger partial charge is 0.436 e. The van der Waals surface area contributed by atoms with Crippen LogP contribution in [0.15, 0.2) is 16.7 Å². The molecule has 0 spiro atoms. The van der Waals surface area contributed by atoms with Gasteiger partial charge in [0.15, 0.2) is 5.69 Å². The summed E-state index contributed by atoms with van der Waals surface area (Å²) < 4.78 is 42.5. The van der Waals surface area contributed by atoms with Gasteiger partial charge in [0.05, 0.1) is 28.4 Å². The van der Waals surface area contributed by atoms with Gasteiger partial charge in [-0.1, -0.05) is 0 Å². The third-order valence-corrected chi connectivity index (χ3v) is 5.37. The van der Waals surface area contributed by atoms with Crippen LogP contribution in [0.3, 0.4) is 0 Å². The number of halogens is 4. The van der Waals surface area contributed by atoms with Gasteiger partial charge in [0, 0.05) is 25.1 Å². The fourth-order valence-corrected chi connectivity index (χ4v) is 3.95. The van der Waals surface area contributed by atoms with E-state index in [2.05, 4.69) is 31.4 Å². The number of hydrogen-bond acceptors (Lipinski definition) is 3. The lowest BCUT2D eigenvalue weighted by Gasteiger charge is -2.15. The molecule has 0 aliphatic heterocycles. The Morgan fingerprint density at radius 2 is 2.11 bits per heavy atom. The second-order valence-corrected chi connectivity index (χ2v) is 7.45. The molecular formula is C17H21BrF3N5O. The maximum atomic E-state index is 13.1. The number of aromatic nitrogens is 4. The van der Waals surface area contributed by atoms with E-state index in [-0.39, 0.29) is 35.3 Å². The van der Waals surface area contributed by atoms with Crippen molar-refractivity contribution in [2.24, 2.45) is 0 Å². The van der Waals surface area contributed by atoms with Crippen LogP contribution in [0.4, 0.5) is 13.2 Å². The standard InChI is InChI=1S/C17H21BrF3N5O/c1-3-25-12(6-8-22-25)10(2)23-13(27)7-9-26-15(11-4-5-11)14(18)16(24-26)17(19,20)21/h6,8,10-11H,3-5,7,9H2,1-2H3,(H,23,27). The molecule has 1 aliphatic rings. The van der Waals surface area contributed by atoms with E-state index in [4.69, 9.17) is 0 Å². The summed E-state index contributed by atoms with van der Waals surface area (Å²) in [5.41, 5.74) is 0.489. The zero-order chi connectivity index (χ0) is 19.8. The van der Waals surface area contributed by atoms with Crippen LogP contribution in [0.2, 0.25) is 0 Å². The minimum absolute atomic E-state index is 0.00174. The second-order valence-electron chi connectivity index (χ2n) is 6.65. The van der Waals surface area contributed by atoms with Gasteiger partial charge >= 0.3 is 6.18 Å².